The molecule has 1 aliphatic heterocycles. The lowest BCUT2D eigenvalue weighted by Gasteiger charge is -2.31. The predicted octanol–water partition coefficient (Wildman–Crippen LogP) is 3.13. The Hall–Kier alpha value is -1.83. The molecule has 0 radical (unpaired) electrons. The number of guanidine groups is 1. The molecule has 0 bridgehead atoms. The van der Waals surface area contributed by atoms with E-state index in [1.54, 1.807) is 4.90 Å². The molecule has 1 amide bonds. The van der Waals surface area contributed by atoms with Crippen LogP contribution in [0.3, 0.4) is 0 Å². The second-order valence-corrected chi connectivity index (χ2v) is 6.53. The number of likely N-dealkylation sites (N-methyl/N-ethyl adjacent to an activating group) is 1. The Balaban J connectivity index is 0.00000243. The zero-order chi connectivity index (χ0) is 17.6. The van der Waals surface area contributed by atoms with E-state index >= 15 is 0 Å². The van der Waals surface area contributed by atoms with Crippen molar-refractivity contribution in [2.75, 3.05) is 20.1 Å². The molecule has 2 aromatic rings. The third-order valence-corrected chi connectivity index (χ3v) is 4.55. The van der Waals surface area contributed by atoms with Gasteiger partial charge in [0.2, 0.25) is 5.91 Å². The topological polar surface area (TPSA) is 56.7 Å². The number of hydrogen-bond acceptors (Lipinski definition) is 2. The van der Waals surface area contributed by atoms with Crippen LogP contribution in [0.25, 0.3) is 10.8 Å². The molecule has 0 aliphatic carbocycles. The number of amides is 1. The lowest BCUT2D eigenvalue weighted by Crippen LogP contribution is -2.51. The van der Waals surface area contributed by atoms with Crippen molar-refractivity contribution in [1.82, 2.24) is 15.5 Å². The van der Waals surface area contributed by atoms with Crippen LogP contribution in [-0.2, 0) is 11.3 Å². The summed E-state index contributed by atoms with van der Waals surface area (Å²) in [5.74, 6) is 1.03. The zero-order valence-corrected chi connectivity index (χ0v) is 17.7. The van der Waals surface area contributed by atoms with Gasteiger partial charge in [-0.05, 0) is 35.7 Å². The van der Waals surface area contributed by atoms with Crippen molar-refractivity contribution in [3.8, 4) is 0 Å². The standard InChI is InChI=1S/C20H26N4O.HI/c1-3-21-20(23-18-10-11-19(25)24(2)14-18)22-13-15-8-9-16-6-4-5-7-17(16)12-15;/h4-9,12,18H,3,10-11,13-14H2,1-2H3,(H2,21,22,23);1H. The Kier molecular flexibility index (Phi) is 7.68. The first-order valence-corrected chi connectivity index (χ1v) is 8.92. The molecule has 2 aromatic carbocycles. The summed E-state index contributed by atoms with van der Waals surface area (Å²) in [5.41, 5.74) is 1.19. The van der Waals surface area contributed by atoms with E-state index in [0.717, 1.165) is 25.5 Å². The number of carbonyl (C=O) groups excluding carboxylic acids is 1. The SMILES string of the molecule is CCNC(=NCc1ccc2ccccc2c1)NC1CCC(=O)N(C)C1.I. The van der Waals surface area contributed by atoms with Crippen molar-refractivity contribution < 1.29 is 4.79 Å². The van der Waals surface area contributed by atoms with E-state index < -0.39 is 0 Å². The van der Waals surface area contributed by atoms with Crippen molar-refractivity contribution >= 4 is 46.6 Å². The molecular weight excluding hydrogens is 439 g/mol. The highest BCUT2D eigenvalue weighted by molar-refractivity contribution is 14.0. The van der Waals surface area contributed by atoms with Gasteiger partial charge in [0.25, 0.3) is 0 Å². The molecule has 1 aliphatic rings. The van der Waals surface area contributed by atoms with Gasteiger partial charge in [-0.25, -0.2) is 4.99 Å². The molecule has 0 saturated carbocycles. The van der Waals surface area contributed by atoms with Gasteiger partial charge in [-0.3, -0.25) is 4.79 Å². The first kappa shape index (κ1) is 20.5. The first-order valence-electron chi connectivity index (χ1n) is 8.92. The molecule has 1 atom stereocenters. The van der Waals surface area contributed by atoms with E-state index in [4.69, 9.17) is 4.99 Å². The summed E-state index contributed by atoms with van der Waals surface area (Å²) in [4.78, 5) is 18.1. The van der Waals surface area contributed by atoms with Gasteiger partial charge >= 0.3 is 0 Å². The van der Waals surface area contributed by atoms with E-state index in [1.807, 2.05) is 7.05 Å². The quantitative estimate of drug-likeness (QED) is 0.414. The van der Waals surface area contributed by atoms with Crippen LogP contribution in [-0.4, -0.2) is 42.9 Å². The Labute approximate surface area is 172 Å². The molecule has 1 unspecified atom stereocenters. The Morgan fingerprint density at radius 2 is 2.00 bits per heavy atom. The largest absolute Gasteiger partial charge is 0.357 e. The second-order valence-electron chi connectivity index (χ2n) is 6.53. The van der Waals surface area contributed by atoms with Crippen molar-refractivity contribution in [1.29, 1.82) is 0 Å². The number of aliphatic imine (C=N–C) groups is 1. The van der Waals surface area contributed by atoms with Gasteiger partial charge in [-0.15, -0.1) is 24.0 Å². The summed E-state index contributed by atoms with van der Waals surface area (Å²) >= 11 is 0. The molecule has 6 heteroatoms. The van der Waals surface area contributed by atoms with Gasteiger partial charge in [0.05, 0.1) is 6.54 Å². The van der Waals surface area contributed by atoms with Gasteiger partial charge in [0, 0.05) is 32.6 Å². The summed E-state index contributed by atoms with van der Waals surface area (Å²) < 4.78 is 0. The van der Waals surface area contributed by atoms with Crippen LogP contribution in [0.2, 0.25) is 0 Å². The van der Waals surface area contributed by atoms with Crippen molar-refractivity contribution in [3.63, 3.8) is 0 Å². The molecule has 3 rings (SSSR count). The fourth-order valence-corrected chi connectivity index (χ4v) is 3.15. The number of nitrogens with zero attached hydrogens (tertiary/aromatic N) is 2. The molecule has 0 spiro atoms. The molecule has 1 heterocycles. The first-order chi connectivity index (χ1) is 12.2. The second kappa shape index (κ2) is 9.75. The van der Waals surface area contributed by atoms with E-state index in [0.29, 0.717) is 13.0 Å². The molecule has 1 saturated heterocycles. The van der Waals surface area contributed by atoms with Crippen LogP contribution < -0.4 is 10.6 Å². The van der Waals surface area contributed by atoms with E-state index in [1.165, 1.54) is 16.3 Å². The lowest BCUT2D eigenvalue weighted by atomic mass is 10.1. The average Bonchev–Trinajstić information content (AvgIpc) is 2.63. The number of halogens is 1. The fraction of sp³-hybridized carbons (Fsp3) is 0.400. The van der Waals surface area contributed by atoms with Crippen molar-refractivity contribution in [3.05, 3.63) is 48.0 Å². The number of rotatable bonds is 4. The number of piperidine rings is 1. The maximum Gasteiger partial charge on any atom is 0.222 e. The maximum absolute atomic E-state index is 11.6. The van der Waals surface area contributed by atoms with Gasteiger partial charge in [-0.2, -0.15) is 0 Å². The van der Waals surface area contributed by atoms with Crippen molar-refractivity contribution in [2.24, 2.45) is 4.99 Å². The number of hydrogen-bond donors (Lipinski definition) is 2. The van der Waals surface area contributed by atoms with Crippen LogP contribution in [0.1, 0.15) is 25.3 Å². The minimum Gasteiger partial charge on any atom is -0.357 e. The highest BCUT2D eigenvalue weighted by Gasteiger charge is 2.23. The Morgan fingerprint density at radius 3 is 2.73 bits per heavy atom. The summed E-state index contributed by atoms with van der Waals surface area (Å²) in [6.45, 7) is 4.22. The third-order valence-electron chi connectivity index (χ3n) is 4.55. The minimum absolute atomic E-state index is 0. The minimum atomic E-state index is 0. The molecule has 140 valence electrons. The Bertz CT molecular complexity index is 777. The van der Waals surface area contributed by atoms with Crippen LogP contribution in [0.15, 0.2) is 47.5 Å². The molecule has 0 aromatic heterocycles. The zero-order valence-electron chi connectivity index (χ0n) is 15.4. The third kappa shape index (κ3) is 5.33. The molecule has 2 N–H and O–H groups in total. The molecule has 26 heavy (non-hydrogen) atoms. The fourth-order valence-electron chi connectivity index (χ4n) is 3.15. The van der Waals surface area contributed by atoms with Crippen LogP contribution in [0.4, 0.5) is 0 Å². The van der Waals surface area contributed by atoms with E-state index in [-0.39, 0.29) is 35.9 Å². The van der Waals surface area contributed by atoms with Crippen LogP contribution in [0, 0.1) is 0 Å². The monoisotopic (exact) mass is 466 g/mol. The van der Waals surface area contributed by atoms with Crippen LogP contribution in [0.5, 0.6) is 0 Å². The number of nitrogens with one attached hydrogen (secondary N) is 2. The number of fused-ring (bicyclic) bond motifs is 1. The number of benzene rings is 2. The normalized spacial score (nSPS) is 17.8. The lowest BCUT2D eigenvalue weighted by molar-refractivity contribution is -0.132. The van der Waals surface area contributed by atoms with Crippen LogP contribution >= 0.6 is 24.0 Å². The maximum atomic E-state index is 11.6. The van der Waals surface area contributed by atoms with Gasteiger partial charge in [-0.1, -0.05) is 36.4 Å². The number of carbonyl (C=O) groups is 1. The summed E-state index contributed by atoms with van der Waals surface area (Å²) in [5, 5.41) is 9.24. The van der Waals surface area contributed by atoms with Crippen molar-refractivity contribution in [2.45, 2.75) is 32.4 Å². The molecule has 1 fully saturated rings. The molecule has 5 nitrogen and oxygen atoms in total. The summed E-state index contributed by atoms with van der Waals surface area (Å²) in [6, 6.07) is 15.1. The summed E-state index contributed by atoms with van der Waals surface area (Å²) in [7, 11) is 1.86. The van der Waals surface area contributed by atoms with E-state index in [2.05, 4.69) is 60.0 Å². The number of likely N-dealkylation sites (tertiary alicyclic amines) is 1. The van der Waals surface area contributed by atoms with Gasteiger partial charge in [0.1, 0.15) is 0 Å². The highest BCUT2D eigenvalue weighted by Crippen LogP contribution is 2.16. The smallest absolute Gasteiger partial charge is 0.222 e. The van der Waals surface area contributed by atoms with Gasteiger partial charge in [0.15, 0.2) is 5.96 Å². The van der Waals surface area contributed by atoms with E-state index in [9.17, 15) is 4.79 Å². The average molecular weight is 466 g/mol. The summed E-state index contributed by atoms with van der Waals surface area (Å²) in [6.07, 6.45) is 1.45. The molecular formula is C20H27IN4O. The van der Waals surface area contributed by atoms with Gasteiger partial charge < -0.3 is 15.5 Å². The Morgan fingerprint density at radius 1 is 1.23 bits per heavy atom. The highest BCUT2D eigenvalue weighted by atomic mass is 127. The predicted molar refractivity (Wildman–Crippen MR) is 118 cm³/mol.